The van der Waals surface area contributed by atoms with Gasteiger partial charge in [-0.1, -0.05) is 57.4 Å². The standard InChI is InChI=1S/C9H18O.C8H16O/c1-2-3-4-5-6-7-8-9-10;1-2-3-4-5-6-7-8-9/h3-4,10H,2,5-9H2,1H3;5-6,9H,2-4,7-8H2,1H3. The molecule has 0 bridgehead atoms. The van der Waals surface area contributed by atoms with Gasteiger partial charge in [0.2, 0.25) is 0 Å². The third kappa shape index (κ3) is 26.8. The van der Waals surface area contributed by atoms with Crippen LogP contribution in [0.1, 0.15) is 71.6 Å². The lowest BCUT2D eigenvalue weighted by Crippen LogP contribution is -1.81. The molecule has 2 N–H and O–H groups in total. The van der Waals surface area contributed by atoms with Crippen molar-refractivity contribution in [3.63, 3.8) is 0 Å². The number of hydrogen-bond acceptors (Lipinski definition) is 2. The molecule has 0 amide bonds. The Morgan fingerprint density at radius 1 is 0.632 bits per heavy atom. The van der Waals surface area contributed by atoms with Gasteiger partial charge in [0, 0.05) is 13.2 Å². The average molecular weight is 270 g/mol. The SMILES string of the molecule is CCC=CCCCCCO.CCCCC=CCCO. The third-order valence-electron chi connectivity index (χ3n) is 2.62. The molecule has 114 valence electrons. The highest BCUT2D eigenvalue weighted by molar-refractivity contribution is 4.80. The summed E-state index contributed by atoms with van der Waals surface area (Å²) in [6, 6.07) is 0. The minimum atomic E-state index is 0.280. The topological polar surface area (TPSA) is 40.5 Å². The Hall–Kier alpha value is -0.600. The highest BCUT2D eigenvalue weighted by atomic mass is 16.3. The molecule has 0 saturated carbocycles. The number of unbranched alkanes of at least 4 members (excludes halogenated alkanes) is 5. The van der Waals surface area contributed by atoms with E-state index in [2.05, 4.69) is 32.1 Å². The third-order valence-corrected chi connectivity index (χ3v) is 2.62. The molecule has 2 heteroatoms. The van der Waals surface area contributed by atoms with E-state index in [1.807, 2.05) is 6.08 Å². The van der Waals surface area contributed by atoms with Crippen LogP contribution in [0.25, 0.3) is 0 Å². The van der Waals surface area contributed by atoms with Gasteiger partial charge in [0.05, 0.1) is 0 Å². The molecular weight excluding hydrogens is 236 g/mol. The van der Waals surface area contributed by atoms with E-state index in [0.717, 1.165) is 32.1 Å². The van der Waals surface area contributed by atoms with Crippen molar-refractivity contribution in [1.29, 1.82) is 0 Å². The number of hydrogen-bond donors (Lipinski definition) is 2. The minimum absolute atomic E-state index is 0.280. The van der Waals surface area contributed by atoms with Crippen molar-refractivity contribution in [2.45, 2.75) is 71.6 Å². The van der Waals surface area contributed by atoms with Crippen LogP contribution in [0.3, 0.4) is 0 Å². The molecule has 0 fully saturated rings. The van der Waals surface area contributed by atoms with Gasteiger partial charge in [-0.25, -0.2) is 0 Å². The molecule has 0 aliphatic carbocycles. The maximum atomic E-state index is 8.45. The van der Waals surface area contributed by atoms with E-state index in [4.69, 9.17) is 10.2 Å². The zero-order valence-corrected chi connectivity index (χ0v) is 13.0. The zero-order valence-electron chi connectivity index (χ0n) is 13.0. The smallest absolute Gasteiger partial charge is 0.0465 e. The quantitative estimate of drug-likeness (QED) is 0.425. The highest BCUT2D eigenvalue weighted by Gasteiger charge is 1.83. The Bertz CT molecular complexity index is 186. The Balaban J connectivity index is 0. The summed E-state index contributed by atoms with van der Waals surface area (Å²) in [6.45, 7) is 4.95. The highest BCUT2D eigenvalue weighted by Crippen LogP contribution is 1.99. The maximum absolute atomic E-state index is 8.45. The second kappa shape index (κ2) is 22.6. The summed E-state index contributed by atoms with van der Waals surface area (Å²) in [7, 11) is 0. The van der Waals surface area contributed by atoms with Crippen LogP contribution < -0.4 is 0 Å². The number of allylic oxidation sites excluding steroid dienone is 3. The molecule has 0 unspecified atom stereocenters. The fraction of sp³-hybridized carbons (Fsp3) is 0.765. The Kier molecular flexibility index (Phi) is 24.6. The number of rotatable bonds is 11. The molecule has 0 rings (SSSR count). The van der Waals surface area contributed by atoms with Crippen LogP contribution in [0.2, 0.25) is 0 Å². The summed E-state index contributed by atoms with van der Waals surface area (Å²) in [4.78, 5) is 0. The summed E-state index contributed by atoms with van der Waals surface area (Å²) in [6.07, 6.45) is 18.7. The lowest BCUT2D eigenvalue weighted by Gasteiger charge is -1.92. The number of aliphatic hydroxyl groups is 2. The molecule has 0 spiro atoms. The van der Waals surface area contributed by atoms with Crippen molar-refractivity contribution in [2.24, 2.45) is 0 Å². The monoisotopic (exact) mass is 270 g/mol. The van der Waals surface area contributed by atoms with E-state index in [-0.39, 0.29) is 6.61 Å². The molecule has 0 aromatic heterocycles. The molecule has 0 heterocycles. The van der Waals surface area contributed by atoms with Crippen molar-refractivity contribution in [3.05, 3.63) is 24.3 Å². The molecule has 0 aliphatic heterocycles. The molecule has 0 atom stereocenters. The molecular formula is C17H34O2. The van der Waals surface area contributed by atoms with Crippen molar-refractivity contribution in [1.82, 2.24) is 0 Å². The van der Waals surface area contributed by atoms with Crippen molar-refractivity contribution in [2.75, 3.05) is 13.2 Å². The van der Waals surface area contributed by atoms with Crippen LogP contribution in [-0.2, 0) is 0 Å². The van der Waals surface area contributed by atoms with Crippen LogP contribution in [0.15, 0.2) is 24.3 Å². The van der Waals surface area contributed by atoms with Crippen molar-refractivity contribution in [3.8, 4) is 0 Å². The average Bonchev–Trinajstić information content (AvgIpc) is 2.43. The van der Waals surface area contributed by atoms with Crippen LogP contribution in [0.4, 0.5) is 0 Å². The first-order valence-corrected chi connectivity index (χ1v) is 7.85. The lowest BCUT2D eigenvalue weighted by molar-refractivity contribution is 0.283. The molecule has 2 nitrogen and oxygen atoms in total. The minimum Gasteiger partial charge on any atom is -0.396 e. The van der Waals surface area contributed by atoms with Crippen LogP contribution in [0, 0.1) is 0 Å². The van der Waals surface area contributed by atoms with Gasteiger partial charge < -0.3 is 10.2 Å². The van der Waals surface area contributed by atoms with E-state index >= 15 is 0 Å². The van der Waals surface area contributed by atoms with Gasteiger partial charge >= 0.3 is 0 Å². The fourth-order valence-corrected chi connectivity index (χ4v) is 1.47. The van der Waals surface area contributed by atoms with E-state index in [1.54, 1.807) is 0 Å². The van der Waals surface area contributed by atoms with Gasteiger partial charge in [-0.05, 0) is 38.5 Å². The Morgan fingerprint density at radius 3 is 1.84 bits per heavy atom. The van der Waals surface area contributed by atoms with E-state index in [9.17, 15) is 0 Å². The predicted molar refractivity (Wildman–Crippen MR) is 85.4 cm³/mol. The van der Waals surface area contributed by atoms with Crippen LogP contribution >= 0.6 is 0 Å². The molecule has 0 aliphatic rings. The summed E-state index contributed by atoms with van der Waals surface area (Å²) in [5, 5.41) is 16.8. The van der Waals surface area contributed by atoms with Gasteiger partial charge in [-0.2, -0.15) is 0 Å². The number of aliphatic hydroxyl groups excluding tert-OH is 2. The maximum Gasteiger partial charge on any atom is 0.0465 e. The van der Waals surface area contributed by atoms with Crippen LogP contribution in [0.5, 0.6) is 0 Å². The fourth-order valence-electron chi connectivity index (χ4n) is 1.47. The summed E-state index contributed by atoms with van der Waals surface area (Å²) >= 11 is 0. The predicted octanol–water partition coefficient (Wildman–Crippen LogP) is 4.62. The lowest BCUT2D eigenvalue weighted by atomic mass is 10.2. The summed E-state index contributed by atoms with van der Waals surface area (Å²) in [5.74, 6) is 0. The van der Waals surface area contributed by atoms with Gasteiger partial charge in [0.25, 0.3) is 0 Å². The molecule has 0 aromatic carbocycles. The normalized spacial score (nSPS) is 10.9. The Morgan fingerprint density at radius 2 is 1.26 bits per heavy atom. The first-order valence-electron chi connectivity index (χ1n) is 7.85. The van der Waals surface area contributed by atoms with Crippen molar-refractivity contribution >= 4 is 0 Å². The second-order valence-electron chi connectivity index (χ2n) is 4.58. The molecule has 0 saturated heterocycles. The summed E-state index contributed by atoms with van der Waals surface area (Å²) < 4.78 is 0. The zero-order chi connectivity index (χ0) is 14.6. The van der Waals surface area contributed by atoms with Crippen LogP contribution in [-0.4, -0.2) is 23.4 Å². The van der Waals surface area contributed by atoms with Gasteiger partial charge in [-0.15, -0.1) is 0 Å². The molecule has 0 aromatic rings. The van der Waals surface area contributed by atoms with Gasteiger partial charge in [0.1, 0.15) is 0 Å². The second-order valence-corrected chi connectivity index (χ2v) is 4.58. The van der Waals surface area contributed by atoms with E-state index < -0.39 is 0 Å². The van der Waals surface area contributed by atoms with Crippen molar-refractivity contribution < 1.29 is 10.2 Å². The van der Waals surface area contributed by atoms with Gasteiger partial charge in [0.15, 0.2) is 0 Å². The summed E-state index contributed by atoms with van der Waals surface area (Å²) in [5.41, 5.74) is 0. The molecule has 0 radical (unpaired) electrons. The largest absolute Gasteiger partial charge is 0.396 e. The first kappa shape index (κ1) is 20.7. The van der Waals surface area contributed by atoms with E-state index in [1.165, 1.54) is 25.7 Å². The Labute approximate surface area is 120 Å². The van der Waals surface area contributed by atoms with E-state index in [0.29, 0.717) is 6.61 Å². The van der Waals surface area contributed by atoms with Gasteiger partial charge in [-0.3, -0.25) is 0 Å². The molecule has 19 heavy (non-hydrogen) atoms. The first-order chi connectivity index (χ1) is 9.33.